The molecule has 1 atom stereocenters. The van der Waals surface area contributed by atoms with Gasteiger partial charge >= 0.3 is 0 Å². The predicted molar refractivity (Wildman–Crippen MR) is 66.9 cm³/mol. The summed E-state index contributed by atoms with van der Waals surface area (Å²) >= 11 is 0. The summed E-state index contributed by atoms with van der Waals surface area (Å²) in [6, 6.07) is 3.76. The highest BCUT2D eigenvalue weighted by Gasteiger charge is 2.23. The number of aliphatic hydroxyl groups excluding tert-OH is 1. The van der Waals surface area contributed by atoms with Crippen LogP contribution in [0.5, 0.6) is 0 Å². The van der Waals surface area contributed by atoms with Crippen LogP contribution in [0.3, 0.4) is 0 Å². The Morgan fingerprint density at radius 1 is 1.56 bits per heavy atom. The largest absolute Gasteiger partial charge is 0.467 e. The first-order valence-electron chi connectivity index (χ1n) is 6.43. The van der Waals surface area contributed by atoms with Crippen LogP contribution in [0.4, 0.5) is 0 Å². The molecule has 1 saturated heterocycles. The van der Waals surface area contributed by atoms with E-state index in [1.807, 2.05) is 6.07 Å². The lowest BCUT2D eigenvalue weighted by Gasteiger charge is -2.33. The average molecular weight is 252 g/mol. The van der Waals surface area contributed by atoms with Gasteiger partial charge in [0, 0.05) is 6.04 Å². The first kappa shape index (κ1) is 13.1. The zero-order chi connectivity index (χ0) is 12.8. The van der Waals surface area contributed by atoms with Gasteiger partial charge in [-0.2, -0.15) is 0 Å². The zero-order valence-corrected chi connectivity index (χ0v) is 10.5. The summed E-state index contributed by atoms with van der Waals surface area (Å²) in [5.74, 6) is 0.729. The Labute approximate surface area is 107 Å². The second-order valence-corrected chi connectivity index (χ2v) is 4.66. The van der Waals surface area contributed by atoms with Gasteiger partial charge in [0.25, 0.3) is 0 Å². The van der Waals surface area contributed by atoms with Crippen molar-refractivity contribution in [2.75, 3.05) is 19.7 Å². The minimum Gasteiger partial charge on any atom is -0.467 e. The van der Waals surface area contributed by atoms with E-state index in [9.17, 15) is 9.90 Å². The molecule has 0 saturated carbocycles. The van der Waals surface area contributed by atoms with E-state index in [0.717, 1.165) is 31.6 Å². The van der Waals surface area contributed by atoms with E-state index in [2.05, 4.69) is 10.2 Å². The number of rotatable bonds is 5. The molecule has 1 unspecified atom stereocenters. The van der Waals surface area contributed by atoms with Crippen molar-refractivity contribution < 1.29 is 14.3 Å². The third-order valence-electron chi connectivity index (χ3n) is 3.35. The van der Waals surface area contributed by atoms with E-state index < -0.39 is 0 Å². The van der Waals surface area contributed by atoms with Crippen LogP contribution in [0.2, 0.25) is 0 Å². The van der Waals surface area contributed by atoms with Crippen LogP contribution in [0, 0.1) is 0 Å². The van der Waals surface area contributed by atoms with Gasteiger partial charge in [0.05, 0.1) is 26.0 Å². The smallest absolute Gasteiger partial charge is 0.234 e. The number of amides is 1. The highest BCUT2D eigenvalue weighted by molar-refractivity contribution is 5.78. The zero-order valence-electron chi connectivity index (χ0n) is 10.5. The van der Waals surface area contributed by atoms with E-state index in [1.165, 1.54) is 0 Å². The number of carbonyl (C=O) groups excluding carboxylic acids is 1. The topological polar surface area (TPSA) is 65.7 Å². The van der Waals surface area contributed by atoms with Crippen LogP contribution >= 0.6 is 0 Å². The van der Waals surface area contributed by atoms with Crippen LogP contribution in [0.15, 0.2) is 22.8 Å². The Morgan fingerprint density at radius 3 is 3.17 bits per heavy atom. The van der Waals surface area contributed by atoms with Crippen molar-refractivity contribution >= 4 is 5.91 Å². The van der Waals surface area contributed by atoms with E-state index >= 15 is 0 Å². The van der Waals surface area contributed by atoms with Crippen LogP contribution < -0.4 is 5.32 Å². The summed E-state index contributed by atoms with van der Waals surface area (Å²) in [5.41, 5.74) is 0. The number of carbonyl (C=O) groups is 1. The Hall–Kier alpha value is -1.33. The van der Waals surface area contributed by atoms with Gasteiger partial charge in [0.15, 0.2) is 0 Å². The average Bonchev–Trinajstić information content (AvgIpc) is 2.90. The van der Waals surface area contributed by atoms with Gasteiger partial charge in [0.2, 0.25) is 5.91 Å². The van der Waals surface area contributed by atoms with E-state index in [1.54, 1.807) is 12.3 Å². The molecule has 0 bridgehead atoms. The van der Waals surface area contributed by atoms with E-state index in [0.29, 0.717) is 13.1 Å². The standard InChI is InChI=1S/C13H20N2O3/c16-10-11-4-1-2-6-15(11)9-13(17)14-8-12-5-3-7-18-12/h3,5,7,11,16H,1-2,4,6,8-10H2,(H,14,17). The highest BCUT2D eigenvalue weighted by atomic mass is 16.3. The lowest BCUT2D eigenvalue weighted by molar-refractivity contribution is -0.123. The minimum atomic E-state index is -0.0215. The van der Waals surface area contributed by atoms with Crippen molar-refractivity contribution in [1.29, 1.82) is 0 Å². The molecule has 1 fully saturated rings. The van der Waals surface area contributed by atoms with Crippen LogP contribution in [0.25, 0.3) is 0 Å². The summed E-state index contributed by atoms with van der Waals surface area (Å²) in [5, 5.41) is 12.1. The maximum absolute atomic E-state index is 11.8. The molecule has 2 rings (SSSR count). The fourth-order valence-corrected chi connectivity index (χ4v) is 2.31. The molecule has 1 aromatic heterocycles. The summed E-state index contributed by atoms with van der Waals surface area (Å²) in [6.07, 6.45) is 4.80. The van der Waals surface area contributed by atoms with Gasteiger partial charge in [-0.15, -0.1) is 0 Å². The molecule has 2 heterocycles. The Kier molecular flexibility index (Phi) is 4.78. The van der Waals surface area contributed by atoms with Crippen molar-refractivity contribution in [3.8, 4) is 0 Å². The number of nitrogens with one attached hydrogen (secondary N) is 1. The summed E-state index contributed by atoms with van der Waals surface area (Å²) < 4.78 is 5.15. The molecule has 5 heteroatoms. The third-order valence-corrected chi connectivity index (χ3v) is 3.35. The van der Waals surface area contributed by atoms with Gasteiger partial charge in [-0.05, 0) is 31.5 Å². The second-order valence-electron chi connectivity index (χ2n) is 4.66. The van der Waals surface area contributed by atoms with Gasteiger partial charge in [-0.3, -0.25) is 9.69 Å². The maximum atomic E-state index is 11.8. The van der Waals surface area contributed by atoms with Gasteiger partial charge in [-0.1, -0.05) is 6.42 Å². The van der Waals surface area contributed by atoms with E-state index in [4.69, 9.17) is 4.42 Å². The molecule has 100 valence electrons. The fourth-order valence-electron chi connectivity index (χ4n) is 2.31. The second kappa shape index (κ2) is 6.56. The molecule has 0 aromatic carbocycles. The Morgan fingerprint density at radius 2 is 2.44 bits per heavy atom. The summed E-state index contributed by atoms with van der Waals surface area (Å²) in [6.45, 7) is 1.79. The number of piperidine rings is 1. The number of aliphatic hydroxyl groups is 1. The number of hydrogen-bond acceptors (Lipinski definition) is 4. The molecular formula is C13H20N2O3. The van der Waals surface area contributed by atoms with Crippen LogP contribution in [0.1, 0.15) is 25.0 Å². The van der Waals surface area contributed by atoms with Gasteiger partial charge in [0.1, 0.15) is 5.76 Å². The monoisotopic (exact) mass is 252 g/mol. The van der Waals surface area contributed by atoms with E-state index in [-0.39, 0.29) is 18.6 Å². The van der Waals surface area contributed by atoms with Crippen molar-refractivity contribution in [3.05, 3.63) is 24.2 Å². The third kappa shape index (κ3) is 3.58. The molecule has 0 spiro atoms. The predicted octanol–water partition coefficient (Wildman–Crippen LogP) is 0.743. The van der Waals surface area contributed by atoms with Gasteiger partial charge < -0.3 is 14.8 Å². The van der Waals surface area contributed by atoms with Crippen molar-refractivity contribution in [3.63, 3.8) is 0 Å². The SMILES string of the molecule is O=C(CN1CCCCC1CO)NCc1ccco1. The molecule has 0 aliphatic carbocycles. The maximum Gasteiger partial charge on any atom is 0.234 e. The van der Waals surface area contributed by atoms with Crippen molar-refractivity contribution in [2.45, 2.75) is 31.8 Å². The van der Waals surface area contributed by atoms with Gasteiger partial charge in [-0.25, -0.2) is 0 Å². The molecule has 2 N–H and O–H groups in total. The quantitative estimate of drug-likeness (QED) is 0.811. The number of likely N-dealkylation sites (tertiary alicyclic amines) is 1. The normalized spacial score (nSPS) is 20.8. The van der Waals surface area contributed by atoms with Crippen molar-refractivity contribution in [2.24, 2.45) is 0 Å². The van der Waals surface area contributed by atoms with Crippen molar-refractivity contribution in [1.82, 2.24) is 10.2 Å². The molecule has 0 radical (unpaired) electrons. The molecule has 5 nitrogen and oxygen atoms in total. The first-order chi connectivity index (χ1) is 8.79. The molecule has 1 aliphatic heterocycles. The summed E-state index contributed by atoms with van der Waals surface area (Å²) in [4.78, 5) is 13.8. The first-order valence-corrected chi connectivity index (χ1v) is 6.43. The molecular weight excluding hydrogens is 232 g/mol. The number of nitrogens with zero attached hydrogens (tertiary/aromatic N) is 1. The fraction of sp³-hybridized carbons (Fsp3) is 0.615. The number of hydrogen-bond donors (Lipinski definition) is 2. The Balaban J connectivity index is 1.75. The van der Waals surface area contributed by atoms with Crippen LogP contribution in [-0.2, 0) is 11.3 Å². The minimum absolute atomic E-state index is 0.0215. The lowest BCUT2D eigenvalue weighted by atomic mass is 10.0. The Bertz CT molecular complexity index is 364. The molecule has 1 amide bonds. The number of furan rings is 1. The molecule has 18 heavy (non-hydrogen) atoms. The highest BCUT2D eigenvalue weighted by Crippen LogP contribution is 2.15. The van der Waals surface area contributed by atoms with Crippen LogP contribution in [-0.4, -0.2) is 41.7 Å². The lowest BCUT2D eigenvalue weighted by Crippen LogP contribution is -2.46. The molecule has 1 aliphatic rings. The molecule has 1 aromatic rings. The summed E-state index contributed by atoms with van der Waals surface area (Å²) in [7, 11) is 0.